The van der Waals surface area contributed by atoms with Crippen LogP contribution in [0.15, 0.2) is 24.3 Å². The van der Waals surface area contributed by atoms with Crippen molar-refractivity contribution in [3.63, 3.8) is 0 Å². The van der Waals surface area contributed by atoms with Crippen LogP contribution in [0.25, 0.3) is 0 Å². The first kappa shape index (κ1) is 20.2. The second-order valence-electron chi connectivity index (χ2n) is 6.72. The average Bonchev–Trinajstić information content (AvgIpc) is 2.91. The minimum absolute atomic E-state index is 0.0647. The summed E-state index contributed by atoms with van der Waals surface area (Å²) >= 11 is 0. The molecular weight excluding hydrogens is 358 g/mol. The largest absolute Gasteiger partial charge is 0.482 e. The van der Waals surface area contributed by atoms with E-state index in [0.717, 1.165) is 5.56 Å². The van der Waals surface area contributed by atoms with Crippen molar-refractivity contribution in [3.8, 4) is 5.75 Å². The normalized spacial score (nSPS) is 19.8. The zero-order valence-electron chi connectivity index (χ0n) is 15.2. The minimum atomic E-state index is -3.08. The second-order valence-corrected chi connectivity index (χ2v) is 8.95. The Kier molecular flexibility index (Phi) is 6.63. The Hall–Kier alpha value is -2.09. The number of hydrogen-bond acceptors (Lipinski definition) is 6. The minimum Gasteiger partial charge on any atom is -0.482 e. The van der Waals surface area contributed by atoms with Gasteiger partial charge in [0.25, 0.3) is 5.91 Å². The zero-order chi connectivity index (χ0) is 19.3. The molecule has 2 rings (SSSR count). The van der Waals surface area contributed by atoms with Crippen molar-refractivity contribution in [2.45, 2.75) is 45.3 Å². The lowest BCUT2D eigenvalue weighted by Crippen LogP contribution is -2.43. The van der Waals surface area contributed by atoms with Gasteiger partial charge in [0.05, 0.1) is 11.5 Å². The standard InChI is InChI=1S/C18H25NO6S/c1-12(2)15-6-4-5-7-16(15)24-10-17(20)25-13(3)18(21)19-14-8-9-26(22,23)11-14/h4-7,12-14H,8-11H2,1-3H3,(H,19,21)/t13-,14+/m1/s1. The molecule has 1 amide bonds. The predicted molar refractivity (Wildman–Crippen MR) is 96.8 cm³/mol. The molecule has 0 aliphatic carbocycles. The molecule has 26 heavy (non-hydrogen) atoms. The van der Waals surface area contributed by atoms with Gasteiger partial charge in [0.2, 0.25) is 0 Å². The summed E-state index contributed by atoms with van der Waals surface area (Å²) in [5, 5.41) is 2.60. The summed E-state index contributed by atoms with van der Waals surface area (Å²) in [5.74, 6) is -0.334. The Bertz CT molecular complexity index is 759. The molecular formula is C18H25NO6S. The van der Waals surface area contributed by atoms with Crippen LogP contribution in [0.4, 0.5) is 0 Å². The van der Waals surface area contributed by atoms with Crippen LogP contribution in [-0.4, -0.2) is 50.6 Å². The number of esters is 1. The SMILES string of the molecule is CC(C)c1ccccc1OCC(=O)O[C@H](C)C(=O)N[C@H]1CCS(=O)(=O)C1. The van der Waals surface area contributed by atoms with E-state index >= 15 is 0 Å². The number of benzene rings is 1. The molecule has 0 bridgehead atoms. The molecule has 1 aromatic rings. The van der Waals surface area contributed by atoms with Crippen LogP contribution >= 0.6 is 0 Å². The Balaban J connectivity index is 1.81. The smallest absolute Gasteiger partial charge is 0.344 e. The predicted octanol–water partition coefficient (Wildman–Crippen LogP) is 1.42. The number of para-hydroxylation sites is 1. The van der Waals surface area contributed by atoms with Gasteiger partial charge in [0, 0.05) is 6.04 Å². The Morgan fingerprint density at radius 2 is 1.92 bits per heavy atom. The van der Waals surface area contributed by atoms with Gasteiger partial charge in [-0.1, -0.05) is 32.0 Å². The highest BCUT2D eigenvalue weighted by Gasteiger charge is 2.30. The number of carbonyl (C=O) groups excluding carboxylic acids is 2. The summed E-state index contributed by atoms with van der Waals surface area (Å²) in [4.78, 5) is 24.0. The van der Waals surface area contributed by atoms with Crippen LogP contribution < -0.4 is 10.1 Å². The van der Waals surface area contributed by atoms with Gasteiger partial charge in [-0.3, -0.25) is 4.79 Å². The zero-order valence-corrected chi connectivity index (χ0v) is 16.0. The van der Waals surface area contributed by atoms with Crippen molar-refractivity contribution < 1.29 is 27.5 Å². The number of rotatable bonds is 7. The molecule has 0 saturated carbocycles. The van der Waals surface area contributed by atoms with E-state index < -0.39 is 33.9 Å². The monoisotopic (exact) mass is 383 g/mol. The Morgan fingerprint density at radius 1 is 1.23 bits per heavy atom. The number of carbonyl (C=O) groups is 2. The van der Waals surface area contributed by atoms with E-state index in [4.69, 9.17) is 9.47 Å². The van der Waals surface area contributed by atoms with Crippen LogP contribution in [-0.2, 0) is 24.2 Å². The van der Waals surface area contributed by atoms with Gasteiger partial charge in [0.1, 0.15) is 5.75 Å². The molecule has 7 nitrogen and oxygen atoms in total. The third kappa shape index (κ3) is 5.72. The van der Waals surface area contributed by atoms with Crippen molar-refractivity contribution in [2.24, 2.45) is 0 Å². The van der Waals surface area contributed by atoms with Gasteiger partial charge >= 0.3 is 5.97 Å². The van der Waals surface area contributed by atoms with E-state index in [1.165, 1.54) is 6.92 Å². The summed E-state index contributed by atoms with van der Waals surface area (Å²) in [6.07, 6.45) is -0.640. The van der Waals surface area contributed by atoms with Crippen molar-refractivity contribution >= 4 is 21.7 Å². The Morgan fingerprint density at radius 3 is 2.54 bits per heavy atom. The molecule has 8 heteroatoms. The molecule has 1 aromatic carbocycles. The summed E-state index contributed by atoms with van der Waals surface area (Å²) in [6.45, 7) is 5.18. The molecule has 0 radical (unpaired) electrons. The van der Waals surface area contributed by atoms with Crippen LogP contribution in [0.5, 0.6) is 5.75 Å². The first-order valence-corrected chi connectivity index (χ1v) is 10.4. The fraction of sp³-hybridized carbons (Fsp3) is 0.556. The fourth-order valence-electron chi connectivity index (χ4n) is 2.74. The highest BCUT2D eigenvalue weighted by atomic mass is 32.2. The fourth-order valence-corrected chi connectivity index (χ4v) is 4.41. The van der Waals surface area contributed by atoms with Crippen LogP contribution in [0.3, 0.4) is 0 Å². The lowest BCUT2D eigenvalue weighted by atomic mass is 10.0. The first-order chi connectivity index (χ1) is 12.2. The van der Waals surface area contributed by atoms with Gasteiger partial charge in [-0.2, -0.15) is 0 Å². The van der Waals surface area contributed by atoms with Crippen LogP contribution in [0, 0.1) is 0 Å². The van der Waals surface area contributed by atoms with Crippen LogP contribution in [0.2, 0.25) is 0 Å². The average molecular weight is 383 g/mol. The van der Waals surface area contributed by atoms with E-state index in [9.17, 15) is 18.0 Å². The number of nitrogens with one attached hydrogen (secondary N) is 1. The van der Waals surface area contributed by atoms with Crippen molar-refractivity contribution in [1.82, 2.24) is 5.32 Å². The van der Waals surface area contributed by atoms with Gasteiger partial charge < -0.3 is 14.8 Å². The number of hydrogen-bond donors (Lipinski definition) is 1. The van der Waals surface area contributed by atoms with E-state index in [0.29, 0.717) is 12.2 Å². The number of amides is 1. The molecule has 1 N–H and O–H groups in total. The highest BCUT2D eigenvalue weighted by Crippen LogP contribution is 2.25. The maximum atomic E-state index is 12.0. The summed E-state index contributed by atoms with van der Waals surface area (Å²) in [7, 11) is -3.08. The summed E-state index contributed by atoms with van der Waals surface area (Å²) < 4.78 is 33.4. The molecule has 0 aromatic heterocycles. The van der Waals surface area contributed by atoms with E-state index in [1.807, 2.05) is 32.0 Å². The summed E-state index contributed by atoms with van der Waals surface area (Å²) in [6, 6.07) is 6.99. The number of sulfone groups is 1. The van der Waals surface area contributed by atoms with E-state index in [-0.39, 0.29) is 24.0 Å². The molecule has 1 saturated heterocycles. The molecule has 1 fully saturated rings. The van der Waals surface area contributed by atoms with Crippen molar-refractivity contribution in [1.29, 1.82) is 0 Å². The third-order valence-electron chi connectivity index (χ3n) is 4.14. The Labute approximate surface area is 154 Å². The van der Waals surface area contributed by atoms with Crippen molar-refractivity contribution in [3.05, 3.63) is 29.8 Å². The lowest BCUT2D eigenvalue weighted by Gasteiger charge is -2.17. The highest BCUT2D eigenvalue weighted by molar-refractivity contribution is 7.91. The van der Waals surface area contributed by atoms with Gasteiger partial charge in [-0.25, -0.2) is 13.2 Å². The molecule has 1 aliphatic heterocycles. The lowest BCUT2D eigenvalue weighted by molar-refractivity contribution is -0.156. The number of ether oxygens (including phenoxy) is 2. The molecule has 1 aliphatic rings. The molecule has 1 heterocycles. The first-order valence-electron chi connectivity index (χ1n) is 8.60. The van der Waals surface area contributed by atoms with Gasteiger partial charge in [0.15, 0.2) is 22.5 Å². The van der Waals surface area contributed by atoms with Crippen molar-refractivity contribution in [2.75, 3.05) is 18.1 Å². The van der Waals surface area contributed by atoms with E-state index in [2.05, 4.69) is 5.32 Å². The van der Waals surface area contributed by atoms with Crippen LogP contribution in [0.1, 0.15) is 38.7 Å². The molecule has 144 valence electrons. The third-order valence-corrected chi connectivity index (χ3v) is 5.91. The van der Waals surface area contributed by atoms with E-state index in [1.54, 1.807) is 6.07 Å². The molecule has 0 spiro atoms. The molecule has 0 unspecified atom stereocenters. The maximum absolute atomic E-state index is 12.0. The van der Waals surface area contributed by atoms with Gasteiger partial charge in [-0.05, 0) is 30.9 Å². The van der Waals surface area contributed by atoms with Gasteiger partial charge in [-0.15, -0.1) is 0 Å². The quantitative estimate of drug-likeness (QED) is 0.715. The topological polar surface area (TPSA) is 98.8 Å². The second kappa shape index (κ2) is 8.53. The molecule has 2 atom stereocenters. The maximum Gasteiger partial charge on any atom is 0.344 e. The summed E-state index contributed by atoms with van der Waals surface area (Å²) in [5.41, 5.74) is 0.980.